The predicted octanol–water partition coefficient (Wildman–Crippen LogP) is 1.68. The summed E-state index contributed by atoms with van der Waals surface area (Å²) in [6.45, 7) is 0.0578. The van der Waals surface area contributed by atoms with Crippen LogP contribution in [0.1, 0.15) is 5.56 Å². The second-order valence-electron chi connectivity index (χ2n) is 3.53. The number of carboxylic acids is 1. The van der Waals surface area contributed by atoms with Gasteiger partial charge in [0, 0.05) is 18.1 Å². The Bertz CT molecular complexity index is 406. The number of amides is 2. The first-order valence-corrected chi connectivity index (χ1v) is 5.73. The topological polar surface area (TPSA) is 69.6 Å². The minimum absolute atomic E-state index is 0.372. The zero-order valence-corrected chi connectivity index (χ0v) is 10.9. The number of halogens is 1. The SMILES string of the molecule is CN(Cc1ccc(Br)cc1)C(=O)NCC(=O)O. The number of carbonyl (C=O) groups excluding carboxylic acids is 1. The molecule has 0 atom stereocenters. The highest BCUT2D eigenvalue weighted by Crippen LogP contribution is 2.11. The molecule has 0 heterocycles. The van der Waals surface area contributed by atoms with E-state index in [1.807, 2.05) is 24.3 Å². The van der Waals surface area contributed by atoms with Crippen LogP contribution in [0, 0.1) is 0 Å². The molecule has 0 bridgehead atoms. The Balaban J connectivity index is 2.48. The number of carbonyl (C=O) groups is 2. The predicted molar refractivity (Wildman–Crippen MR) is 66.6 cm³/mol. The molecule has 0 saturated heterocycles. The Morgan fingerprint density at radius 3 is 2.47 bits per heavy atom. The second-order valence-corrected chi connectivity index (χ2v) is 4.45. The Morgan fingerprint density at radius 2 is 1.94 bits per heavy atom. The number of aliphatic carboxylic acids is 1. The summed E-state index contributed by atoms with van der Waals surface area (Å²) >= 11 is 3.32. The van der Waals surface area contributed by atoms with Crippen molar-refractivity contribution in [3.63, 3.8) is 0 Å². The molecule has 0 fully saturated rings. The van der Waals surface area contributed by atoms with Crippen molar-refractivity contribution in [2.24, 2.45) is 0 Å². The van der Waals surface area contributed by atoms with Crippen molar-refractivity contribution in [3.8, 4) is 0 Å². The molecule has 0 radical (unpaired) electrons. The van der Waals surface area contributed by atoms with Gasteiger partial charge in [0.15, 0.2) is 0 Å². The van der Waals surface area contributed by atoms with Gasteiger partial charge in [-0.15, -0.1) is 0 Å². The maximum Gasteiger partial charge on any atom is 0.323 e. The van der Waals surface area contributed by atoms with E-state index in [2.05, 4.69) is 21.2 Å². The van der Waals surface area contributed by atoms with Gasteiger partial charge in [0.25, 0.3) is 0 Å². The summed E-state index contributed by atoms with van der Waals surface area (Å²) in [5, 5.41) is 10.7. The quantitative estimate of drug-likeness (QED) is 0.889. The summed E-state index contributed by atoms with van der Waals surface area (Å²) in [4.78, 5) is 23.2. The van der Waals surface area contributed by atoms with E-state index in [0.29, 0.717) is 6.54 Å². The maximum absolute atomic E-state index is 11.5. The molecule has 92 valence electrons. The van der Waals surface area contributed by atoms with E-state index in [4.69, 9.17) is 5.11 Å². The smallest absolute Gasteiger partial charge is 0.323 e. The highest BCUT2D eigenvalue weighted by atomic mass is 79.9. The summed E-state index contributed by atoms with van der Waals surface area (Å²) in [5.74, 6) is -1.06. The molecule has 0 aliphatic carbocycles. The monoisotopic (exact) mass is 300 g/mol. The van der Waals surface area contributed by atoms with Gasteiger partial charge >= 0.3 is 12.0 Å². The molecule has 0 unspecified atom stereocenters. The summed E-state index contributed by atoms with van der Waals surface area (Å²) in [7, 11) is 1.61. The van der Waals surface area contributed by atoms with Crippen molar-refractivity contribution in [1.29, 1.82) is 0 Å². The normalized spacial score (nSPS) is 9.76. The van der Waals surface area contributed by atoms with E-state index in [1.165, 1.54) is 4.90 Å². The third-order valence-electron chi connectivity index (χ3n) is 2.07. The van der Waals surface area contributed by atoms with Crippen LogP contribution in [0.3, 0.4) is 0 Å². The Kier molecular flexibility index (Phi) is 4.96. The van der Waals surface area contributed by atoms with Crippen LogP contribution >= 0.6 is 15.9 Å². The number of nitrogens with zero attached hydrogens (tertiary/aromatic N) is 1. The van der Waals surface area contributed by atoms with Crippen LogP contribution in [0.4, 0.5) is 4.79 Å². The van der Waals surface area contributed by atoms with Gasteiger partial charge in [-0.2, -0.15) is 0 Å². The number of nitrogens with one attached hydrogen (secondary N) is 1. The molecule has 1 aromatic rings. The lowest BCUT2D eigenvalue weighted by atomic mass is 10.2. The largest absolute Gasteiger partial charge is 0.480 e. The first-order chi connectivity index (χ1) is 7.99. The standard InChI is InChI=1S/C11H13BrN2O3/c1-14(11(17)13-6-10(15)16)7-8-2-4-9(12)5-3-8/h2-5H,6-7H2,1H3,(H,13,17)(H,15,16). The average molecular weight is 301 g/mol. The van der Waals surface area contributed by atoms with E-state index in [-0.39, 0.29) is 6.54 Å². The molecule has 17 heavy (non-hydrogen) atoms. The molecule has 6 heteroatoms. The summed E-state index contributed by atoms with van der Waals surface area (Å²) in [6, 6.07) is 7.16. The molecule has 1 aromatic carbocycles. The van der Waals surface area contributed by atoms with Gasteiger partial charge < -0.3 is 15.3 Å². The molecular weight excluding hydrogens is 288 g/mol. The van der Waals surface area contributed by atoms with E-state index < -0.39 is 12.0 Å². The molecule has 5 nitrogen and oxygen atoms in total. The number of urea groups is 1. The van der Waals surface area contributed by atoms with Crippen LogP contribution < -0.4 is 5.32 Å². The van der Waals surface area contributed by atoms with Gasteiger partial charge in [-0.05, 0) is 17.7 Å². The van der Waals surface area contributed by atoms with Crippen molar-refractivity contribution in [1.82, 2.24) is 10.2 Å². The highest BCUT2D eigenvalue weighted by Gasteiger charge is 2.09. The van der Waals surface area contributed by atoms with Crippen molar-refractivity contribution in [2.75, 3.05) is 13.6 Å². The van der Waals surface area contributed by atoms with Gasteiger partial charge in [-0.1, -0.05) is 28.1 Å². The highest BCUT2D eigenvalue weighted by molar-refractivity contribution is 9.10. The lowest BCUT2D eigenvalue weighted by Gasteiger charge is -2.17. The summed E-state index contributed by atoms with van der Waals surface area (Å²) in [5.41, 5.74) is 0.973. The van der Waals surface area contributed by atoms with Crippen LogP contribution in [0.25, 0.3) is 0 Å². The van der Waals surface area contributed by atoms with Gasteiger partial charge in [-0.25, -0.2) is 4.79 Å². The van der Waals surface area contributed by atoms with E-state index in [9.17, 15) is 9.59 Å². The number of hydrogen-bond donors (Lipinski definition) is 2. The minimum atomic E-state index is -1.06. The van der Waals surface area contributed by atoms with Crippen LogP contribution in [0.15, 0.2) is 28.7 Å². The van der Waals surface area contributed by atoms with Gasteiger partial charge in [0.2, 0.25) is 0 Å². The first kappa shape index (κ1) is 13.5. The molecule has 0 spiro atoms. The lowest BCUT2D eigenvalue weighted by Crippen LogP contribution is -2.39. The molecular formula is C11H13BrN2O3. The number of carboxylic acid groups (broad SMARTS) is 1. The van der Waals surface area contributed by atoms with E-state index in [0.717, 1.165) is 10.0 Å². The van der Waals surface area contributed by atoms with Crippen molar-refractivity contribution >= 4 is 27.9 Å². The molecule has 0 aliphatic rings. The molecule has 2 amide bonds. The zero-order chi connectivity index (χ0) is 12.8. The Hall–Kier alpha value is -1.56. The van der Waals surface area contributed by atoms with Crippen LogP contribution in [0.5, 0.6) is 0 Å². The fourth-order valence-electron chi connectivity index (χ4n) is 1.22. The van der Waals surface area contributed by atoms with Gasteiger partial charge in [0.1, 0.15) is 6.54 Å². The second kappa shape index (κ2) is 6.24. The molecule has 1 rings (SSSR count). The van der Waals surface area contributed by atoms with Crippen molar-refractivity contribution in [3.05, 3.63) is 34.3 Å². The Labute approximate surface area is 108 Å². The number of rotatable bonds is 4. The molecule has 0 aromatic heterocycles. The van der Waals surface area contributed by atoms with Crippen molar-refractivity contribution < 1.29 is 14.7 Å². The fraction of sp³-hybridized carbons (Fsp3) is 0.273. The number of benzene rings is 1. The summed E-state index contributed by atoms with van der Waals surface area (Å²) < 4.78 is 0.972. The van der Waals surface area contributed by atoms with Crippen molar-refractivity contribution in [2.45, 2.75) is 6.54 Å². The zero-order valence-electron chi connectivity index (χ0n) is 9.31. The molecule has 2 N–H and O–H groups in total. The van der Waals surface area contributed by atoms with Gasteiger partial charge in [-0.3, -0.25) is 4.79 Å². The third kappa shape index (κ3) is 4.86. The van der Waals surface area contributed by atoms with Crippen LogP contribution in [0.2, 0.25) is 0 Å². The molecule has 0 aliphatic heterocycles. The number of hydrogen-bond acceptors (Lipinski definition) is 2. The molecule has 0 saturated carbocycles. The first-order valence-electron chi connectivity index (χ1n) is 4.94. The van der Waals surface area contributed by atoms with E-state index >= 15 is 0 Å². The van der Waals surface area contributed by atoms with E-state index in [1.54, 1.807) is 7.05 Å². The third-order valence-corrected chi connectivity index (χ3v) is 2.60. The fourth-order valence-corrected chi connectivity index (χ4v) is 1.49. The Morgan fingerprint density at radius 1 is 1.35 bits per heavy atom. The summed E-state index contributed by atoms with van der Waals surface area (Å²) in [6.07, 6.45) is 0. The maximum atomic E-state index is 11.5. The lowest BCUT2D eigenvalue weighted by molar-refractivity contribution is -0.135. The van der Waals surface area contributed by atoms with Crippen LogP contribution in [-0.4, -0.2) is 35.6 Å². The minimum Gasteiger partial charge on any atom is -0.480 e. The van der Waals surface area contributed by atoms with Crippen LogP contribution in [-0.2, 0) is 11.3 Å². The average Bonchev–Trinajstić information content (AvgIpc) is 2.28. The van der Waals surface area contributed by atoms with Gasteiger partial charge in [0.05, 0.1) is 0 Å².